The summed E-state index contributed by atoms with van der Waals surface area (Å²) in [5.41, 5.74) is 2.63. The molecular weight excluding hydrogens is 357 g/mol. The zero-order valence-electron chi connectivity index (χ0n) is 12.2. The van der Waals surface area contributed by atoms with E-state index >= 15 is 0 Å². The number of carbonyl (C=O) groups excluding carboxylic acids is 1. The highest BCUT2D eigenvalue weighted by atomic mass is 35.5. The number of urea groups is 1. The van der Waals surface area contributed by atoms with Crippen molar-refractivity contribution in [2.75, 3.05) is 31.1 Å². The van der Waals surface area contributed by atoms with E-state index in [4.69, 9.17) is 23.2 Å². The van der Waals surface area contributed by atoms with Gasteiger partial charge in [0, 0.05) is 37.8 Å². The van der Waals surface area contributed by atoms with Crippen LogP contribution in [0.15, 0.2) is 23.2 Å². The summed E-state index contributed by atoms with van der Waals surface area (Å²) < 4.78 is 0. The van der Waals surface area contributed by atoms with E-state index in [0.29, 0.717) is 48.6 Å². The average molecular weight is 372 g/mol. The molecule has 0 aliphatic carbocycles. The molecule has 0 bridgehead atoms. The molecule has 3 heterocycles. The van der Waals surface area contributed by atoms with E-state index in [0.717, 1.165) is 5.69 Å². The van der Waals surface area contributed by atoms with E-state index in [-0.39, 0.29) is 6.03 Å². The third kappa shape index (κ3) is 4.04. The Bertz CT molecular complexity index is 674. The van der Waals surface area contributed by atoms with Crippen molar-refractivity contribution in [2.45, 2.75) is 6.54 Å². The third-order valence-electron chi connectivity index (χ3n) is 3.56. The van der Waals surface area contributed by atoms with Gasteiger partial charge >= 0.3 is 6.03 Å². The van der Waals surface area contributed by atoms with Crippen LogP contribution in [0.3, 0.4) is 0 Å². The first-order chi connectivity index (χ1) is 11.1. The quantitative estimate of drug-likeness (QED) is 0.900. The molecule has 1 aliphatic heterocycles. The monoisotopic (exact) mass is 371 g/mol. The molecule has 1 saturated heterocycles. The maximum absolute atomic E-state index is 12.2. The van der Waals surface area contributed by atoms with Gasteiger partial charge < -0.3 is 15.1 Å². The van der Waals surface area contributed by atoms with Crippen LogP contribution in [0, 0.1) is 0 Å². The topological polar surface area (TPSA) is 61.4 Å². The van der Waals surface area contributed by atoms with Gasteiger partial charge in [0.1, 0.15) is 5.82 Å². The fourth-order valence-corrected chi connectivity index (χ4v) is 3.42. The molecule has 0 saturated carbocycles. The van der Waals surface area contributed by atoms with Gasteiger partial charge in [0.15, 0.2) is 0 Å². The lowest BCUT2D eigenvalue weighted by molar-refractivity contribution is 0.193. The highest BCUT2D eigenvalue weighted by Crippen LogP contribution is 2.26. The van der Waals surface area contributed by atoms with Crippen LogP contribution in [0.4, 0.5) is 10.6 Å². The molecule has 0 unspecified atom stereocenters. The number of amides is 2. The van der Waals surface area contributed by atoms with Gasteiger partial charge in [0.25, 0.3) is 0 Å². The highest BCUT2D eigenvalue weighted by molar-refractivity contribution is 7.07. The smallest absolute Gasteiger partial charge is 0.317 e. The van der Waals surface area contributed by atoms with Crippen LogP contribution < -0.4 is 10.2 Å². The summed E-state index contributed by atoms with van der Waals surface area (Å²) in [4.78, 5) is 24.4. The van der Waals surface area contributed by atoms with Gasteiger partial charge in [-0.05, 0) is 6.07 Å². The molecule has 1 aliphatic rings. The van der Waals surface area contributed by atoms with Crippen molar-refractivity contribution in [3.8, 4) is 0 Å². The lowest BCUT2D eigenvalue weighted by atomic mass is 10.3. The summed E-state index contributed by atoms with van der Waals surface area (Å²) in [6.45, 7) is 3.04. The fourth-order valence-electron chi connectivity index (χ4n) is 2.36. The van der Waals surface area contributed by atoms with Gasteiger partial charge in [0.05, 0.1) is 27.8 Å². The van der Waals surface area contributed by atoms with E-state index in [1.54, 1.807) is 22.7 Å². The molecular formula is C14H15Cl2N5OS. The number of nitrogens with one attached hydrogen (secondary N) is 1. The number of pyridine rings is 1. The Morgan fingerprint density at radius 3 is 2.70 bits per heavy atom. The largest absolute Gasteiger partial charge is 0.352 e. The molecule has 0 aromatic carbocycles. The Morgan fingerprint density at radius 2 is 2.04 bits per heavy atom. The normalized spacial score (nSPS) is 14.9. The van der Waals surface area contributed by atoms with Crippen molar-refractivity contribution in [1.82, 2.24) is 20.2 Å². The van der Waals surface area contributed by atoms with E-state index in [9.17, 15) is 4.79 Å². The molecule has 0 atom stereocenters. The molecule has 1 fully saturated rings. The summed E-state index contributed by atoms with van der Waals surface area (Å²) in [5.74, 6) is 0.707. The third-order valence-corrected chi connectivity index (χ3v) is 4.68. The minimum Gasteiger partial charge on any atom is -0.352 e. The van der Waals surface area contributed by atoms with Crippen molar-refractivity contribution >= 4 is 46.4 Å². The molecule has 2 aromatic rings. The second kappa shape index (κ2) is 7.33. The van der Waals surface area contributed by atoms with Gasteiger partial charge in [-0.15, -0.1) is 11.3 Å². The number of anilines is 1. The maximum Gasteiger partial charge on any atom is 0.317 e. The Hall–Kier alpha value is -1.57. The van der Waals surface area contributed by atoms with Crippen LogP contribution in [-0.2, 0) is 6.54 Å². The number of aromatic nitrogens is 2. The van der Waals surface area contributed by atoms with Crippen molar-refractivity contribution in [1.29, 1.82) is 0 Å². The summed E-state index contributed by atoms with van der Waals surface area (Å²) in [7, 11) is 0. The number of thiazole rings is 1. The molecule has 9 heteroatoms. The molecule has 0 spiro atoms. The summed E-state index contributed by atoms with van der Waals surface area (Å²) in [6.07, 6.45) is 1.58. The Balaban J connectivity index is 1.52. The van der Waals surface area contributed by atoms with E-state index in [1.165, 1.54) is 11.3 Å². The number of piperazine rings is 1. The minimum absolute atomic E-state index is 0.0761. The van der Waals surface area contributed by atoms with Crippen LogP contribution in [-0.4, -0.2) is 47.1 Å². The minimum atomic E-state index is -0.0761. The van der Waals surface area contributed by atoms with Crippen LogP contribution >= 0.6 is 34.5 Å². The van der Waals surface area contributed by atoms with E-state index < -0.39 is 0 Å². The van der Waals surface area contributed by atoms with Crippen LogP contribution in [0.25, 0.3) is 0 Å². The second-order valence-corrected chi connectivity index (χ2v) is 6.63. The van der Waals surface area contributed by atoms with Gasteiger partial charge in [-0.25, -0.2) is 14.8 Å². The first kappa shape index (κ1) is 16.3. The molecule has 3 rings (SSSR count). The van der Waals surface area contributed by atoms with Crippen molar-refractivity contribution in [3.63, 3.8) is 0 Å². The number of halogens is 2. The molecule has 0 radical (unpaired) electrons. The highest BCUT2D eigenvalue weighted by Gasteiger charge is 2.23. The first-order valence-corrected chi connectivity index (χ1v) is 8.79. The molecule has 23 heavy (non-hydrogen) atoms. The lowest BCUT2D eigenvalue weighted by Gasteiger charge is -2.35. The fraction of sp³-hybridized carbons (Fsp3) is 0.357. The molecule has 2 aromatic heterocycles. The SMILES string of the molecule is O=C(NCc1cscn1)N1CCN(c2ncc(Cl)cc2Cl)CC1. The second-order valence-electron chi connectivity index (χ2n) is 5.07. The maximum atomic E-state index is 12.2. The molecule has 6 nitrogen and oxygen atoms in total. The first-order valence-electron chi connectivity index (χ1n) is 7.09. The predicted molar refractivity (Wildman–Crippen MR) is 92.4 cm³/mol. The van der Waals surface area contributed by atoms with E-state index in [1.807, 2.05) is 5.38 Å². The average Bonchev–Trinajstić information content (AvgIpc) is 3.06. The number of rotatable bonds is 3. The molecule has 1 N–H and O–H groups in total. The molecule has 2 amide bonds. The standard InChI is InChI=1S/C14H15Cl2N5OS/c15-10-5-12(16)13(17-6-10)20-1-3-21(4-2-20)14(22)18-7-11-8-23-9-19-11/h5-6,8-9H,1-4,7H2,(H,18,22). The van der Waals surface area contributed by atoms with Crippen LogP contribution in [0.2, 0.25) is 10.0 Å². The van der Waals surface area contributed by atoms with Gasteiger partial charge in [-0.3, -0.25) is 0 Å². The molecule has 122 valence electrons. The lowest BCUT2D eigenvalue weighted by Crippen LogP contribution is -2.52. The number of carbonyl (C=O) groups is 1. The van der Waals surface area contributed by atoms with Crippen molar-refractivity contribution in [2.24, 2.45) is 0 Å². The van der Waals surface area contributed by atoms with Crippen LogP contribution in [0.5, 0.6) is 0 Å². The summed E-state index contributed by atoms with van der Waals surface area (Å²) in [6, 6.07) is 1.60. The number of hydrogen-bond donors (Lipinski definition) is 1. The van der Waals surface area contributed by atoms with Crippen LogP contribution in [0.1, 0.15) is 5.69 Å². The van der Waals surface area contributed by atoms with Crippen molar-refractivity contribution in [3.05, 3.63) is 38.9 Å². The van der Waals surface area contributed by atoms with Gasteiger partial charge in [-0.2, -0.15) is 0 Å². The van der Waals surface area contributed by atoms with Crippen molar-refractivity contribution < 1.29 is 4.79 Å². The Kier molecular flexibility index (Phi) is 5.20. The van der Waals surface area contributed by atoms with Gasteiger partial charge in [-0.1, -0.05) is 23.2 Å². The van der Waals surface area contributed by atoms with Gasteiger partial charge in [0.2, 0.25) is 0 Å². The Labute approximate surface area is 148 Å². The summed E-state index contributed by atoms with van der Waals surface area (Å²) >= 11 is 13.6. The zero-order valence-corrected chi connectivity index (χ0v) is 14.5. The zero-order chi connectivity index (χ0) is 16.2. The number of nitrogens with zero attached hydrogens (tertiary/aromatic N) is 4. The summed E-state index contributed by atoms with van der Waals surface area (Å²) in [5, 5.41) is 5.84. The van der Waals surface area contributed by atoms with E-state index in [2.05, 4.69) is 20.2 Å². The Morgan fingerprint density at radius 1 is 1.26 bits per heavy atom. The number of hydrogen-bond acceptors (Lipinski definition) is 5. The predicted octanol–water partition coefficient (Wildman–Crippen LogP) is 2.88.